The molecule has 3 nitrogen and oxygen atoms in total. The summed E-state index contributed by atoms with van der Waals surface area (Å²) in [4.78, 5) is 2.53. The van der Waals surface area contributed by atoms with Crippen LogP contribution < -0.4 is 10.1 Å². The maximum absolute atomic E-state index is 6.02. The number of aryl methyl sites for hydroxylation is 1. The van der Waals surface area contributed by atoms with Gasteiger partial charge in [0.1, 0.15) is 5.75 Å². The lowest BCUT2D eigenvalue weighted by molar-refractivity contribution is 0.146. The quantitative estimate of drug-likeness (QED) is 0.913. The molecule has 20 heavy (non-hydrogen) atoms. The van der Waals surface area contributed by atoms with Crippen molar-refractivity contribution in [1.82, 2.24) is 4.90 Å². The third kappa shape index (κ3) is 3.26. The van der Waals surface area contributed by atoms with E-state index in [4.69, 9.17) is 4.74 Å². The van der Waals surface area contributed by atoms with E-state index in [1.54, 1.807) is 0 Å². The molecule has 3 heteroatoms. The lowest BCUT2D eigenvalue weighted by Crippen LogP contribution is -2.35. The highest BCUT2D eigenvalue weighted by Crippen LogP contribution is 2.27. The van der Waals surface area contributed by atoms with E-state index in [0.717, 1.165) is 24.8 Å². The second kappa shape index (κ2) is 6.49. The minimum Gasteiger partial charge on any atom is -0.493 e. The summed E-state index contributed by atoms with van der Waals surface area (Å²) in [6.07, 6.45) is 4.98. The zero-order valence-corrected chi connectivity index (χ0v) is 12.5. The fourth-order valence-corrected chi connectivity index (χ4v) is 3.21. The predicted molar refractivity (Wildman–Crippen MR) is 83.6 cm³/mol. The number of fused-ring (bicyclic) bond motifs is 1. The summed E-state index contributed by atoms with van der Waals surface area (Å²) in [6.45, 7) is 7.86. The van der Waals surface area contributed by atoms with Crippen LogP contribution in [0.1, 0.15) is 31.7 Å². The van der Waals surface area contributed by atoms with Crippen molar-refractivity contribution >= 4 is 5.69 Å². The van der Waals surface area contributed by atoms with Gasteiger partial charge in [0.05, 0.1) is 6.61 Å². The highest BCUT2D eigenvalue weighted by molar-refractivity contribution is 5.56. The first-order chi connectivity index (χ1) is 9.85. The summed E-state index contributed by atoms with van der Waals surface area (Å²) in [5, 5.41) is 3.47. The number of ether oxygens (including phenoxy) is 1. The Kier molecular flexibility index (Phi) is 4.46. The van der Waals surface area contributed by atoms with Gasteiger partial charge >= 0.3 is 0 Å². The van der Waals surface area contributed by atoms with Crippen molar-refractivity contribution in [3.63, 3.8) is 0 Å². The van der Waals surface area contributed by atoms with Gasteiger partial charge in [-0.2, -0.15) is 0 Å². The van der Waals surface area contributed by atoms with Crippen LogP contribution in [-0.2, 0) is 6.42 Å². The number of likely N-dealkylation sites (tertiary alicyclic amines) is 1. The average molecular weight is 274 g/mol. The van der Waals surface area contributed by atoms with Crippen LogP contribution in [0.5, 0.6) is 5.75 Å². The Morgan fingerprint density at radius 2 is 2.15 bits per heavy atom. The van der Waals surface area contributed by atoms with Gasteiger partial charge in [-0.15, -0.1) is 0 Å². The molecule has 0 saturated carbocycles. The average Bonchev–Trinajstić information content (AvgIpc) is 2.53. The van der Waals surface area contributed by atoms with E-state index in [1.165, 1.54) is 56.6 Å². The molecule has 1 saturated heterocycles. The van der Waals surface area contributed by atoms with E-state index in [1.807, 2.05) is 0 Å². The lowest BCUT2D eigenvalue weighted by Gasteiger charge is -2.30. The number of hydrogen-bond donors (Lipinski definition) is 1. The van der Waals surface area contributed by atoms with E-state index < -0.39 is 0 Å². The summed E-state index contributed by atoms with van der Waals surface area (Å²) in [6, 6.07) is 6.53. The first-order valence-corrected chi connectivity index (χ1v) is 8.07. The molecule has 0 atom stereocenters. The zero-order valence-electron chi connectivity index (χ0n) is 12.5. The molecule has 110 valence electrons. The second-order valence-electron chi connectivity index (χ2n) is 6.04. The number of piperidine rings is 1. The van der Waals surface area contributed by atoms with Gasteiger partial charge in [0, 0.05) is 18.3 Å². The van der Waals surface area contributed by atoms with Crippen molar-refractivity contribution in [3.05, 3.63) is 23.8 Å². The maximum Gasteiger partial charge on any atom is 0.121 e. The Hall–Kier alpha value is -1.22. The summed E-state index contributed by atoms with van der Waals surface area (Å²) in [5.74, 6) is 1.75. The molecule has 0 aliphatic carbocycles. The van der Waals surface area contributed by atoms with Crippen LogP contribution in [0.3, 0.4) is 0 Å². The van der Waals surface area contributed by atoms with Crippen LogP contribution in [0.25, 0.3) is 0 Å². The van der Waals surface area contributed by atoms with E-state index >= 15 is 0 Å². The maximum atomic E-state index is 6.02. The Labute approximate surface area is 122 Å². The topological polar surface area (TPSA) is 24.5 Å². The number of nitrogens with zero attached hydrogens (tertiary/aromatic N) is 1. The van der Waals surface area contributed by atoms with Crippen molar-refractivity contribution < 1.29 is 4.74 Å². The molecule has 0 amide bonds. The molecule has 1 aromatic rings. The molecule has 2 aliphatic rings. The smallest absolute Gasteiger partial charge is 0.121 e. The van der Waals surface area contributed by atoms with Gasteiger partial charge in [-0.05, 0) is 62.9 Å². The first kappa shape index (κ1) is 13.7. The van der Waals surface area contributed by atoms with E-state index in [-0.39, 0.29) is 0 Å². The van der Waals surface area contributed by atoms with Crippen molar-refractivity contribution in [2.24, 2.45) is 5.92 Å². The van der Waals surface area contributed by atoms with E-state index in [0.29, 0.717) is 0 Å². The molecule has 0 radical (unpaired) electrons. The molecule has 1 fully saturated rings. The minimum absolute atomic E-state index is 0.724. The van der Waals surface area contributed by atoms with Gasteiger partial charge in [0.15, 0.2) is 0 Å². The number of hydrogen-bond acceptors (Lipinski definition) is 3. The van der Waals surface area contributed by atoms with Gasteiger partial charge in [0.25, 0.3) is 0 Å². The van der Waals surface area contributed by atoms with Gasteiger partial charge in [-0.3, -0.25) is 0 Å². The summed E-state index contributed by atoms with van der Waals surface area (Å²) < 4.78 is 6.02. The fraction of sp³-hybridized carbons (Fsp3) is 0.647. The van der Waals surface area contributed by atoms with Crippen LogP contribution >= 0.6 is 0 Å². The van der Waals surface area contributed by atoms with Crippen LogP contribution in [0.4, 0.5) is 5.69 Å². The number of benzene rings is 1. The molecule has 1 aromatic carbocycles. The Morgan fingerprint density at radius 1 is 1.30 bits per heavy atom. The second-order valence-corrected chi connectivity index (χ2v) is 6.04. The normalized spacial score (nSPS) is 20.2. The molecule has 0 unspecified atom stereocenters. The molecule has 2 aliphatic heterocycles. The van der Waals surface area contributed by atoms with Crippen LogP contribution in [0, 0.1) is 5.92 Å². The van der Waals surface area contributed by atoms with Crippen molar-refractivity contribution in [2.75, 3.05) is 38.1 Å². The van der Waals surface area contributed by atoms with E-state index in [2.05, 4.69) is 35.3 Å². The SMILES string of the molecule is CCN1CCC(COc2ccc3c(c2)NCCC3)CC1. The van der Waals surface area contributed by atoms with Gasteiger partial charge in [-0.1, -0.05) is 13.0 Å². The highest BCUT2D eigenvalue weighted by atomic mass is 16.5. The molecule has 0 aromatic heterocycles. The Balaban J connectivity index is 1.51. The molecule has 0 spiro atoms. The largest absolute Gasteiger partial charge is 0.493 e. The number of nitrogens with one attached hydrogen (secondary N) is 1. The van der Waals surface area contributed by atoms with Crippen molar-refractivity contribution in [2.45, 2.75) is 32.6 Å². The summed E-state index contributed by atoms with van der Waals surface area (Å²) >= 11 is 0. The first-order valence-electron chi connectivity index (χ1n) is 8.07. The van der Waals surface area contributed by atoms with Gasteiger partial charge in [-0.25, -0.2) is 0 Å². The molecule has 3 rings (SSSR count). The number of anilines is 1. The lowest BCUT2D eigenvalue weighted by atomic mass is 9.98. The Bertz CT molecular complexity index is 439. The third-order valence-electron chi connectivity index (χ3n) is 4.66. The molecule has 2 heterocycles. The molecular formula is C17H26N2O. The Morgan fingerprint density at radius 3 is 2.95 bits per heavy atom. The van der Waals surface area contributed by atoms with Crippen LogP contribution in [0.15, 0.2) is 18.2 Å². The number of rotatable bonds is 4. The van der Waals surface area contributed by atoms with Crippen LogP contribution in [0.2, 0.25) is 0 Å². The fourth-order valence-electron chi connectivity index (χ4n) is 3.21. The highest BCUT2D eigenvalue weighted by Gasteiger charge is 2.18. The van der Waals surface area contributed by atoms with Crippen molar-refractivity contribution in [1.29, 1.82) is 0 Å². The van der Waals surface area contributed by atoms with E-state index in [9.17, 15) is 0 Å². The van der Waals surface area contributed by atoms with Gasteiger partial charge < -0.3 is 15.0 Å². The summed E-state index contributed by atoms with van der Waals surface area (Å²) in [7, 11) is 0. The predicted octanol–water partition coefficient (Wildman–Crippen LogP) is 3.16. The van der Waals surface area contributed by atoms with Gasteiger partial charge in [0.2, 0.25) is 0 Å². The summed E-state index contributed by atoms with van der Waals surface area (Å²) in [5.41, 5.74) is 2.70. The van der Waals surface area contributed by atoms with Crippen molar-refractivity contribution in [3.8, 4) is 5.75 Å². The minimum atomic E-state index is 0.724. The third-order valence-corrected chi connectivity index (χ3v) is 4.66. The monoisotopic (exact) mass is 274 g/mol. The standard InChI is InChI=1S/C17H26N2O/c1-2-19-10-7-14(8-11-19)13-20-16-6-5-15-4-3-9-18-17(15)12-16/h5-6,12,14,18H,2-4,7-11,13H2,1H3. The molecule has 1 N–H and O–H groups in total. The molecule has 0 bridgehead atoms. The zero-order chi connectivity index (χ0) is 13.8. The van der Waals surface area contributed by atoms with Crippen LogP contribution in [-0.4, -0.2) is 37.7 Å². The molecular weight excluding hydrogens is 248 g/mol.